The van der Waals surface area contributed by atoms with Gasteiger partial charge >= 0.3 is 27.3 Å². The molecule has 0 radical (unpaired) electrons. The lowest BCUT2D eigenvalue weighted by molar-refractivity contribution is -0.183. The molecule has 0 unspecified atom stereocenters. The molecule has 0 aromatic carbocycles. The van der Waals surface area contributed by atoms with E-state index >= 15 is 0 Å². The molecule has 1 heterocycles. The first kappa shape index (κ1) is 16.8. The maximum atomic E-state index is 13.0. The number of ether oxygens (including phenoxy) is 1. The van der Waals surface area contributed by atoms with Crippen molar-refractivity contribution < 1.29 is 40.1 Å². The highest BCUT2D eigenvalue weighted by atomic mass is 32.2. The summed E-state index contributed by atoms with van der Waals surface area (Å²) in [5, 5.41) is -4.05. The topological polar surface area (TPSA) is 93.6 Å². The SMILES string of the molecule is O=C(CC(F)(F)C(F)(F)S(=O)(=O)O)OCc1nccs1. The maximum Gasteiger partial charge on any atom is 0.432 e. The summed E-state index contributed by atoms with van der Waals surface area (Å²) in [6.45, 7) is -0.510. The molecule has 6 nitrogen and oxygen atoms in total. The molecule has 0 spiro atoms. The second-order valence-electron chi connectivity index (χ2n) is 3.46. The summed E-state index contributed by atoms with van der Waals surface area (Å²) < 4.78 is 84.3. The Hall–Kier alpha value is -1.27. The average molecular weight is 337 g/mol. The lowest BCUT2D eigenvalue weighted by Crippen LogP contribution is -2.48. The molecule has 1 aromatic heterocycles. The van der Waals surface area contributed by atoms with Crippen molar-refractivity contribution in [1.29, 1.82) is 0 Å². The third kappa shape index (κ3) is 3.64. The van der Waals surface area contributed by atoms with Crippen molar-refractivity contribution in [2.45, 2.75) is 24.2 Å². The van der Waals surface area contributed by atoms with Gasteiger partial charge in [0.1, 0.15) is 18.0 Å². The predicted octanol–water partition coefficient (Wildman–Crippen LogP) is 1.69. The summed E-state index contributed by atoms with van der Waals surface area (Å²) in [6, 6.07) is 0. The summed E-state index contributed by atoms with van der Waals surface area (Å²) in [7, 11) is -6.37. The number of carbonyl (C=O) groups excluding carboxylic acids is 1. The van der Waals surface area contributed by atoms with Crippen LogP contribution in [0.1, 0.15) is 11.4 Å². The van der Waals surface area contributed by atoms with E-state index in [9.17, 15) is 30.8 Å². The van der Waals surface area contributed by atoms with Crippen LogP contribution in [0, 0.1) is 0 Å². The zero-order chi connectivity index (χ0) is 15.6. The van der Waals surface area contributed by atoms with Crippen molar-refractivity contribution in [3.8, 4) is 0 Å². The first-order valence-corrected chi connectivity index (χ1v) is 7.06. The van der Waals surface area contributed by atoms with Gasteiger partial charge in [0.05, 0.1) is 0 Å². The second-order valence-corrected chi connectivity index (χ2v) is 5.90. The van der Waals surface area contributed by atoms with Crippen LogP contribution < -0.4 is 0 Å². The Kier molecular flexibility index (Phi) is 4.71. The normalized spacial score (nSPS) is 13.2. The van der Waals surface area contributed by atoms with Crippen LogP contribution in [0.5, 0.6) is 0 Å². The van der Waals surface area contributed by atoms with Gasteiger partial charge in [0.15, 0.2) is 0 Å². The number of halogens is 4. The van der Waals surface area contributed by atoms with E-state index in [-0.39, 0.29) is 5.01 Å². The minimum absolute atomic E-state index is 0.239. The van der Waals surface area contributed by atoms with E-state index in [1.807, 2.05) is 0 Å². The summed E-state index contributed by atoms with van der Waals surface area (Å²) in [5.41, 5.74) is 0. The fourth-order valence-corrected chi connectivity index (χ4v) is 1.97. The third-order valence-electron chi connectivity index (χ3n) is 1.96. The number of alkyl halides is 4. The molecular formula is C8H7F4NO5S2. The van der Waals surface area contributed by atoms with Crippen LogP contribution in [0.2, 0.25) is 0 Å². The van der Waals surface area contributed by atoms with Crippen molar-refractivity contribution in [3.05, 3.63) is 16.6 Å². The molecule has 0 bridgehead atoms. The van der Waals surface area contributed by atoms with Gasteiger partial charge in [-0.15, -0.1) is 11.3 Å². The number of hydrogen-bond donors (Lipinski definition) is 1. The van der Waals surface area contributed by atoms with Gasteiger partial charge in [-0.05, 0) is 0 Å². The van der Waals surface area contributed by atoms with Crippen molar-refractivity contribution in [1.82, 2.24) is 4.98 Å². The fourth-order valence-electron chi connectivity index (χ4n) is 0.990. The van der Waals surface area contributed by atoms with E-state index in [1.165, 1.54) is 11.6 Å². The zero-order valence-corrected chi connectivity index (χ0v) is 11.1. The van der Waals surface area contributed by atoms with E-state index < -0.39 is 40.3 Å². The highest BCUT2D eigenvalue weighted by Crippen LogP contribution is 2.40. The highest BCUT2D eigenvalue weighted by Gasteiger charge is 2.66. The van der Waals surface area contributed by atoms with Crippen molar-refractivity contribution in [2.75, 3.05) is 0 Å². The average Bonchev–Trinajstić information content (AvgIpc) is 2.76. The molecular weight excluding hydrogens is 330 g/mol. The van der Waals surface area contributed by atoms with E-state index in [0.29, 0.717) is 0 Å². The molecule has 1 rings (SSSR count). The lowest BCUT2D eigenvalue weighted by Gasteiger charge is -2.22. The van der Waals surface area contributed by atoms with Gasteiger partial charge in [0, 0.05) is 11.6 Å². The van der Waals surface area contributed by atoms with Crippen molar-refractivity contribution >= 4 is 27.4 Å². The fraction of sp³-hybridized carbons (Fsp3) is 0.500. The monoisotopic (exact) mass is 337 g/mol. The molecule has 0 aliphatic heterocycles. The molecule has 12 heteroatoms. The van der Waals surface area contributed by atoms with Gasteiger partial charge in [-0.2, -0.15) is 26.0 Å². The Labute approximate surface area is 114 Å². The minimum atomic E-state index is -6.37. The minimum Gasteiger partial charge on any atom is -0.458 e. The Balaban J connectivity index is 2.68. The molecule has 114 valence electrons. The Morgan fingerprint density at radius 3 is 2.45 bits per heavy atom. The lowest BCUT2D eigenvalue weighted by atomic mass is 10.2. The molecule has 0 aliphatic carbocycles. The number of hydrogen-bond acceptors (Lipinski definition) is 6. The summed E-state index contributed by atoms with van der Waals surface area (Å²) >= 11 is 1.03. The van der Waals surface area contributed by atoms with Crippen molar-refractivity contribution in [2.24, 2.45) is 0 Å². The summed E-state index contributed by atoms with van der Waals surface area (Å²) in [5.74, 6) is -7.06. The molecule has 0 saturated heterocycles. The molecule has 0 atom stereocenters. The van der Waals surface area contributed by atoms with Crippen LogP contribution in [0.3, 0.4) is 0 Å². The molecule has 0 amide bonds. The first-order chi connectivity index (χ1) is 8.97. The number of esters is 1. The van der Waals surface area contributed by atoms with Crippen LogP contribution in [0.4, 0.5) is 17.6 Å². The second kappa shape index (κ2) is 5.61. The first-order valence-electron chi connectivity index (χ1n) is 4.74. The Bertz CT molecular complexity index is 572. The summed E-state index contributed by atoms with van der Waals surface area (Å²) in [6.07, 6.45) is -0.861. The number of nitrogens with zero attached hydrogens (tertiary/aromatic N) is 1. The highest BCUT2D eigenvalue weighted by molar-refractivity contribution is 7.87. The number of carbonyl (C=O) groups is 1. The smallest absolute Gasteiger partial charge is 0.432 e. The van der Waals surface area contributed by atoms with Crippen LogP contribution in [0.15, 0.2) is 11.6 Å². The Morgan fingerprint density at radius 2 is 2.00 bits per heavy atom. The molecule has 0 fully saturated rings. The summed E-state index contributed by atoms with van der Waals surface area (Å²) in [4.78, 5) is 14.6. The molecule has 1 aromatic rings. The van der Waals surface area contributed by atoms with Gasteiger partial charge in [0.25, 0.3) is 0 Å². The molecule has 0 saturated carbocycles. The van der Waals surface area contributed by atoms with E-state index in [1.54, 1.807) is 0 Å². The molecule has 0 aliphatic rings. The maximum absolute atomic E-state index is 13.0. The Morgan fingerprint density at radius 1 is 1.40 bits per heavy atom. The molecule has 20 heavy (non-hydrogen) atoms. The number of aromatic nitrogens is 1. The van der Waals surface area contributed by atoms with Gasteiger partial charge in [-0.1, -0.05) is 0 Å². The standard InChI is InChI=1S/C8H7F4NO5S2/c9-7(10,8(11,12)20(15,16)17)3-6(14)18-4-5-13-1-2-19-5/h1-2H,3-4H2,(H,15,16,17). The van der Waals surface area contributed by atoms with Crippen molar-refractivity contribution in [3.63, 3.8) is 0 Å². The zero-order valence-electron chi connectivity index (χ0n) is 9.42. The van der Waals surface area contributed by atoms with Crippen LogP contribution in [-0.2, 0) is 26.3 Å². The predicted molar refractivity (Wildman–Crippen MR) is 58.0 cm³/mol. The van der Waals surface area contributed by atoms with E-state index in [0.717, 1.165) is 11.3 Å². The largest absolute Gasteiger partial charge is 0.458 e. The third-order valence-corrected chi connectivity index (χ3v) is 3.66. The van der Waals surface area contributed by atoms with Gasteiger partial charge in [-0.25, -0.2) is 4.98 Å². The van der Waals surface area contributed by atoms with E-state index in [2.05, 4.69) is 9.72 Å². The quantitative estimate of drug-likeness (QED) is 0.482. The van der Waals surface area contributed by atoms with Crippen LogP contribution in [0.25, 0.3) is 0 Å². The number of rotatable bonds is 6. The van der Waals surface area contributed by atoms with E-state index in [4.69, 9.17) is 4.55 Å². The van der Waals surface area contributed by atoms with Gasteiger partial charge in [-0.3, -0.25) is 9.35 Å². The van der Waals surface area contributed by atoms with Gasteiger partial charge in [0.2, 0.25) is 0 Å². The molecule has 1 N–H and O–H groups in total. The number of thiazole rings is 1. The van der Waals surface area contributed by atoms with Gasteiger partial charge < -0.3 is 4.74 Å². The van der Waals surface area contributed by atoms with Crippen LogP contribution >= 0.6 is 11.3 Å². The van der Waals surface area contributed by atoms with Crippen LogP contribution in [-0.4, -0.2) is 35.1 Å².